The minimum atomic E-state index is -1.37. The van der Waals surface area contributed by atoms with Gasteiger partial charge in [0.15, 0.2) is 24.6 Å². The zero-order valence-electron chi connectivity index (χ0n) is 11.8. The van der Waals surface area contributed by atoms with Crippen LogP contribution in [0.15, 0.2) is 0 Å². The van der Waals surface area contributed by atoms with Gasteiger partial charge in [-0.05, 0) is 0 Å². The molecule has 0 amide bonds. The molecule has 0 spiro atoms. The molecule has 0 bridgehead atoms. The molecular weight excluding hydrogens is 320 g/mol. The highest BCUT2D eigenvalue weighted by atomic mass is 16.8. The van der Waals surface area contributed by atoms with Crippen LogP contribution in [0.25, 0.3) is 0 Å². The van der Waals surface area contributed by atoms with E-state index >= 15 is 0 Å². The second-order valence-corrected chi connectivity index (χ2v) is 5.25. The van der Waals surface area contributed by atoms with Crippen LogP contribution in [-0.4, -0.2) is 90.4 Å². The van der Waals surface area contributed by atoms with Gasteiger partial charge in [0.05, 0.1) is 13.2 Å². The number of hydrogen-bond acceptors (Lipinski definition) is 11. The van der Waals surface area contributed by atoms with Crippen LogP contribution in [0, 0.1) is 0 Å². The number of ether oxygens (including phenoxy) is 6. The van der Waals surface area contributed by atoms with E-state index in [-0.39, 0.29) is 13.2 Å². The van der Waals surface area contributed by atoms with E-state index < -0.39 is 61.8 Å². The average molecular weight is 336 g/mol. The van der Waals surface area contributed by atoms with E-state index in [1.54, 1.807) is 0 Å². The van der Waals surface area contributed by atoms with Crippen molar-refractivity contribution in [2.75, 3.05) is 19.8 Å². The van der Waals surface area contributed by atoms with E-state index in [0.29, 0.717) is 0 Å². The second kappa shape index (κ2) is 6.45. The van der Waals surface area contributed by atoms with Gasteiger partial charge in [-0.25, -0.2) is 9.59 Å². The molecular formula is C12H16O11. The van der Waals surface area contributed by atoms with E-state index in [9.17, 15) is 24.9 Å². The lowest BCUT2D eigenvalue weighted by molar-refractivity contribution is -0.287. The predicted octanol–water partition coefficient (Wildman–Crippen LogP) is -2.12. The van der Waals surface area contributed by atoms with Crippen molar-refractivity contribution in [2.24, 2.45) is 0 Å². The van der Waals surface area contributed by atoms with Gasteiger partial charge in [-0.2, -0.15) is 0 Å². The van der Waals surface area contributed by atoms with Crippen LogP contribution in [0.3, 0.4) is 0 Å². The van der Waals surface area contributed by atoms with Crippen molar-refractivity contribution in [3.63, 3.8) is 0 Å². The fraction of sp³-hybridized carbons (Fsp3) is 0.833. The van der Waals surface area contributed by atoms with Gasteiger partial charge < -0.3 is 43.7 Å². The number of carbonyl (C=O) groups excluding carboxylic acids is 2. The molecule has 3 aliphatic rings. The molecule has 11 heteroatoms. The van der Waals surface area contributed by atoms with Crippen molar-refractivity contribution in [1.29, 1.82) is 0 Å². The molecule has 0 saturated carbocycles. The van der Waals surface area contributed by atoms with Crippen molar-refractivity contribution in [1.82, 2.24) is 0 Å². The van der Waals surface area contributed by atoms with Crippen molar-refractivity contribution in [3.05, 3.63) is 0 Å². The number of rotatable bonds is 5. The smallest absolute Gasteiger partial charge is 0.430 e. The molecule has 3 N–H and O–H groups in total. The van der Waals surface area contributed by atoms with Gasteiger partial charge in [-0.3, -0.25) is 0 Å². The minimum absolute atomic E-state index is 0.118. The summed E-state index contributed by atoms with van der Waals surface area (Å²) in [5, 5.41) is 29.2. The van der Waals surface area contributed by atoms with E-state index in [1.807, 2.05) is 0 Å². The van der Waals surface area contributed by atoms with E-state index in [2.05, 4.69) is 4.74 Å². The summed E-state index contributed by atoms with van der Waals surface area (Å²) in [7, 11) is 0. The molecule has 3 heterocycles. The Morgan fingerprint density at radius 1 is 1.17 bits per heavy atom. The topological polar surface area (TPSA) is 150 Å². The number of carbonyl (C=O) groups is 2. The highest BCUT2D eigenvalue weighted by molar-refractivity contribution is 5.63. The zero-order valence-corrected chi connectivity index (χ0v) is 11.8. The maximum Gasteiger partial charge on any atom is 0.509 e. The van der Waals surface area contributed by atoms with Gasteiger partial charge in [0.2, 0.25) is 0 Å². The fourth-order valence-corrected chi connectivity index (χ4v) is 2.54. The van der Waals surface area contributed by atoms with Gasteiger partial charge in [0.25, 0.3) is 0 Å². The molecule has 0 radical (unpaired) electrons. The quantitative estimate of drug-likeness (QED) is 0.473. The van der Waals surface area contributed by atoms with Crippen LogP contribution in [0.1, 0.15) is 0 Å². The van der Waals surface area contributed by atoms with E-state index in [4.69, 9.17) is 23.7 Å². The first kappa shape index (κ1) is 16.2. The Morgan fingerprint density at radius 3 is 2.57 bits per heavy atom. The summed E-state index contributed by atoms with van der Waals surface area (Å²) in [6.07, 6.45) is -9.54. The number of aliphatic hydroxyl groups excluding tert-OH is 3. The highest BCUT2D eigenvalue weighted by Gasteiger charge is 2.54. The first-order chi connectivity index (χ1) is 11.0. The first-order valence-corrected chi connectivity index (χ1v) is 6.94. The number of aliphatic hydroxyl groups is 3. The van der Waals surface area contributed by atoms with Crippen LogP contribution in [0.2, 0.25) is 0 Å². The molecule has 3 aliphatic heterocycles. The Labute approximate surface area is 129 Å². The highest BCUT2D eigenvalue weighted by Crippen LogP contribution is 2.31. The molecule has 3 fully saturated rings. The summed E-state index contributed by atoms with van der Waals surface area (Å²) in [6.45, 7) is -0.943. The molecule has 0 aromatic rings. The molecule has 0 aromatic carbocycles. The third-order valence-corrected chi connectivity index (χ3v) is 3.73. The Hall–Kier alpha value is -1.66. The van der Waals surface area contributed by atoms with Crippen LogP contribution in [-0.2, 0) is 28.4 Å². The second-order valence-electron chi connectivity index (χ2n) is 5.25. The molecule has 23 heavy (non-hydrogen) atoms. The monoisotopic (exact) mass is 336 g/mol. The maximum absolute atomic E-state index is 11.2. The van der Waals surface area contributed by atoms with Crippen molar-refractivity contribution < 1.29 is 53.3 Å². The molecule has 7 atom stereocenters. The third-order valence-electron chi connectivity index (χ3n) is 3.73. The Kier molecular flexibility index (Phi) is 4.55. The summed E-state index contributed by atoms with van der Waals surface area (Å²) in [5.41, 5.74) is 0. The summed E-state index contributed by atoms with van der Waals surface area (Å²) < 4.78 is 29.4. The molecule has 3 saturated heterocycles. The average Bonchev–Trinajstić information content (AvgIpc) is 3.12. The molecule has 3 rings (SSSR count). The van der Waals surface area contributed by atoms with Crippen molar-refractivity contribution in [2.45, 2.75) is 42.9 Å². The van der Waals surface area contributed by atoms with Gasteiger partial charge in [0, 0.05) is 0 Å². The molecule has 0 aliphatic carbocycles. The summed E-state index contributed by atoms with van der Waals surface area (Å²) in [4.78, 5) is 22.0. The van der Waals surface area contributed by atoms with E-state index in [1.165, 1.54) is 0 Å². The van der Waals surface area contributed by atoms with Crippen LogP contribution in [0.4, 0.5) is 9.59 Å². The predicted molar refractivity (Wildman–Crippen MR) is 65.1 cm³/mol. The molecule has 3 unspecified atom stereocenters. The Bertz CT molecular complexity index is 468. The van der Waals surface area contributed by atoms with E-state index in [0.717, 1.165) is 0 Å². The minimum Gasteiger partial charge on any atom is -0.430 e. The summed E-state index contributed by atoms with van der Waals surface area (Å²) in [5.74, 6) is 0. The van der Waals surface area contributed by atoms with Crippen molar-refractivity contribution in [3.8, 4) is 0 Å². The largest absolute Gasteiger partial charge is 0.509 e. The van der Waals surface area contributed by atoms with Crippen LogP contribution < -0.4 is 0 Å². The lowest BCUT2D eigenvalue weighted by Crippen LogP contribution is -2.58. The third kappa shape index (κ3) is 3.19. The molecule has 130 valence electrons. The molecule has 11 nitrogen and oxygen atoms in total. The summed E-state index contributed by atoms with van der Waals surface area (Å²) >= 11 is 0. The lowest BCUT2D eigenvalue weighted by Gasteiger charge is -2.38. The number of fused-ring (bicyclic) bond motifs is 1. The summed E-state index contributed by atoms with van der Waals surface area (Å²) in [6, 6.07) is 0. The standard InChI is InChI=1S/C12H16O11/c13-1-5-8-9(23-12(17)22-8)7(15)10(20-5)18-2-4(14)6-3-19-11(16)21-6/h4-10,13-15H,1-3H2/t4-,5+,6?,7+,8?,9?,10-/m1/s1. The van der Waals surface area contributed by atoms with Gasteiger partial charge >= 0.3 is 12.3 Å². The molecule has 0 aromatic heterocycles. The van der Waals surface area contributed by atoms with Crippen molar-refractivity contribution >= 4 is 12.3 Å². The van der Waals surface area contributed by atoms with Crippen LogP contribution >= 0.6 is 0 Å². The first-order valence-electron chi connectivity index (χ1n) is 6.94. The maximum atomic E-state index is 11.2. The van der Waals surface area contributed by atoms with Gasteiger partial charge in [-0.1, -0.05) is 0 Å². The van der Waals surface area contributed by atoms with Gasteiger partial charge in [0.1, 0.15) is 24.9 Å². The van der Waals surface area contributed by atoms with Crippen LogP contribution in [0.5, 0.6) is 0 Å². The number of cyclic esters (lactones) is 2. The number of hydrogen-bond donors (Lipinski definition) is 3. The Balaban J connectivity index is 1.57. The van der Waals surface area contributed by atoms with Gasteiger partial charge in [-0.15, -0.1) is 0 Å². The zero-order chi connectivity index (χ0) is 16.6. The fourth-order valence-electron chi connectivity index (χ4n) is 2.54. The SMILES string of the molecule is O=C1OCC([C@H](O)CO[C@@H]2O[C@@H](CO)C3OC(=O)OC3[C@@H]2O)O1. The normalized spacial score (nSPS) is 40.7. The lowest BCUT2D eigenvalue weighted by atomic mass is 9.99. The Morgan fingerprint density at radius 2 is 1.91 bits per heavy atom.